The first-order valence-corrected chi connectivity index (χ1v) is 7.49. The Morgan fingerprint density at radius 2 is 1.95 bits per heavy atom. The maximum atomic E-state index is 12.1. The zero-order valence-corrected chi connectivity index (χ0v) is 12.4. The molecule has 1 heterocycles. The topological polar surface area (TPSA) is 115 Å². The molecule has 0 spiro atoms. The molecule has 110 valence electrons. The fourth-order valence-electron chi connectivity index (χ4n) is 1.39. The van der Waals surface area contributed by atoms with Crippen LogP contribution < -0.4 is 4.72 Å². The number of aromatic nitrogens is 2. The number of nitrogens with one attached hydrogen (secondary N) is 1. The molecule has 1 aromatic heterocycles. The van der Waals surface area contributed by atoms with Crippen LogP contribution in [0.1, 0.15) is 0 Å². The number of nitro benzene ring substituents is 1. The van der Waals surface area contributed by atoms with Gasteiger partial charge in [-0.2, -0.15) is 4.98 Å². The summed E-state index contributed by atoms with van der Waals surface area (Å²) in [4.78, 5) is 16.9. The fraction of sp³-hybridized carbons (Fsp3) is 0. The highest BCUT2D eigenvalue weighted by Crippen LogP contribution is 2.27. The van der Waals surface area contributed by atoms with Gasteiger partial charge in [0, 0.05) is 12.3 Å². The van der Waals surface area contributed by atoms with E-state index in [1.165, 1.54) is 12.3 Å². The second kappa shape index (κ2) is 5.80. The van der Waals surface area contributed by atoms with E-state index >= 15 is 0 Å². The van der Waals surface area contributed by atoms with E-state index in [-0.39, 0.29) is 21.0 Å². The Morgan fingerprint density at radius 3 is 2.57 bits per heavy atom. The summed E-state index contributed by atoms with van der Waals surface area (Å²) in [7, 11) is -4.06. The molecule has 1 aromatic carbocycles. The number of nitro groups is 1. The third-order valence-corrected chi connectivity index (χ3v) is 4.14. The average Bonchev–Trinajstić information content (AvgIpc) is 2.38. The molecule has 2 rings (SSSR count). The molecule has 0 fully saturated rings. The molecule has 0 radical (unpaired) electrons. The van der Waals surface area contributed by atoms with Crippen molar-refractivity contribution >= 4 is 44.7 Å². The van der Waals surface area contributed by atoms with Gasteiger partial charge in [-0.1, -0.05) is 11.6 Å². The van der Waals surface area contributed by atoms with Crippen molar-refractivity contribution in [2.75, 3.05) is 4.72 Å². The Kier molecular flexibility index (Phi) is 4.26. The zero-order chi connectivity index (χ0) is 15.6. The van der Waals surface area contributed by atoms with Gasteiger partial charge in [0.1, 0.15) is 10.8 Å². The number of anilines is 1. The highest BCUT2D eigenvalue weighted by molar-refractivity contribution is 7.92. The Bertz CT molecular complexity index is 812. The molecular weight excluding hydrogens is 343 g/mol. The third-order valence-electron chi connectivity index (χ3n) is 2.29. The Labute approximate surface area is 128 Å². The number of benzene rings is 1. The van der Waals surface area contributed by atoms with E-state index in [1.54, 1.807) is 0 Å². The van der Waals surface area contributed by atoms with E-state index in [0.717, 1.165) is 18.2 Å². The van der Waals surface area contributed by atoms with Gasteiger partial charge < -0.3 is 0 Å². The summed E-state index contributed by atoms with van der Waals surface area (Å²) in [5.74, 6) is -0.0624. The van der Waals surface area contributed by atoms with Crippen molar-refractivity contribution in [2.24, 2.45) is 0 Å². The van der Waals surface area contributed by atoms with E-state index in [4.69, 9.17) is 23.2 Å². The molecule has 11 heteroatoms. The van der Waals surface area contributed by atoms with Gasteiger partial charge in [0.25, 0.3) is 15.7 Å². The van der Waals surface area contributed by atoms with Crippen molar-refractivity contribution in [2.45, 2.75) is 4.90 Å². The number of rotatable bonds is 4. The predicted octanol–water partition coefficient (Wildman–Crippen LogP) is 2.49. The van der Waals surface area contributed by atoms with Gasteiger partial charge >= 0.3 is 0 Å². The van der Waals surface area contributed by atoms with Crippen LogP contribution in [-0.4, -0.2) is 23.3 Å². The maximum absolute atomic E-state index is 12.1. The molecule has 0 amide bonds. The van der Waals surface area contributed by atoms with Crippen molar-refractivity contribution in [3.63, 3.8) is 0 Å². The average molecular weight is 349 g/mol. The molecule has 0 atom stereocenters. The van der Waals surface area contributed by atoms with Crippen LogP contribution in [0.5, 0.6) is 0 Å². The minimum Gasteiger partial charge on any atom is -0.263 e. The molecule has 0 saturated heterocycles. The maximum Gasteiger partial charge on any atom is 0.289 e. The molecule has 0 saturated carbocycles. The van der Waals surface area contributed by atoms with Crippen LogP contribution in [0, 0.1) is 10.1 Å². The minimum atomic E-state index is -4.06. The second-order valence-corrected chi connectivity index (χ2v) is 6.11. The lowest BCUT2D eigenvalue weighted by Crippen LogP contribution is -2.14. The summed E-state index contributed by atoms with van der Waals surface area (Å²) >= 11 is 11.2. The summed E-state index contributed by atoms with van der Waals surface area (Å²) in [6, 6.07) is 4.41. The lowest BCUT2D eigenvalue weighted by molar-refractivity contribution is -0.384. The Morgan fingerprint density at radius 1 is 1.24 bits per heavy atom. The SMILES string of the molecule is O=[N+]([O-])c1cc(S(=O)(=O)Nc2ccnc(Cl)n2)ccc1Cl. The van der Waals surface area contributed by atoms with Crippen molar-refractivity contribution in [3.8, 4) is 0 Å². The minimum absolute atomic E-state index is 0.0624. The first-order valence-electron chi connectivity index (χ1n) is 5.25. The first kappa shape index (κ1) is 15.4. The Balaban J connectivity index is 2.40. The van der Waals surface area contributed by atoms with Crippen LogP contribution in [0.25, 0.3) is 0 Å². The van der Waals surface area contributed by atoms with Crippen LogP contribution in [-0.2, 0) is 10.0 Å². The van der Waals surface area contributed by atoms with E-state index in [1.807, 2.05) is 0 Å². The molecule has 0 aliphatic rings. The van der Waals surface area contributed by atoms with E-state index in [2.05, 4.69) is 14.7 Å². The number of hydrogen-bond donors (Lipinski definition) is 1. The molecule has 21 heavy (non-hydrogen) atoms. The van der Waals surface area contributed by atoms with Gasteiger partial charge in [-0.05, 0) is 29.8 Å². The molecule has 1 N–H and O–H groups in total. The van der Waals surface area contributed by atoms with Crippen LogP contribution >= 0.6 is 23.2 Å². The van der Waals surface area contributed by atoms with Gasteiger partial charge in [-0.15, -0.1) is 0 Å². The largest absolute Gasteiger partial charge is 0.289 e. The van der Waals surface area contributed by atoms with Gasteiger partial charge in [0.15, 0.2) is 0 Å². The third kappa shape index (κ3) is 3.57. The lowest BCUT2D eigenvalue weighted by Gasteiger charge is -2.07. The summed E-state index contributed by atoms with van der Waals surface area (Å²) in [5, 5.41) is 10.5. The van der Waals surface area contributed by atoms with Gasteiger partial charge in [-0.25, -0.2) is 13.4 Å². The molecular formula is C10H6Cl2N4O4S. The predicted molar refractivity (Wildman–Crippen MR) is 76.0 cm³/mol. The van der Waals surface area contributed by atoms with E-state index in [0.29, 0.717) is 0 Å². The molecule has 0 bridgehead atoms. The highest BCUT2D eigenvalue weighted by atomic mass is 35.5. The van der Waals surface area contributed by atoms with Crippen LogP contribution in [0.4, 0.5) is 11.5 Å². The number of hydrogen-bond acceptors (Lipinski definition) is 6. The zero-order valence-electron chi connectivity index (χ0n) is 10.0. The van der Waals surface area contributed by atoms with Crippen LogP contribution in [0.2, 0.25) is 10.3 Å². The van der Waals surface area contributed by atoms with E-state index in [9.17, 15) is 18.5 Å². The first-order chi connectivity index (χ1) is 9.79. The fourth-order valence-corrected chi connectivity index (χ4v) is 2.74. The summed E-state index contributed by atoms with van der Waals surface area (Å²) in [6.45, 7) is 0. The molecule has 0 aliphatic carbocycles. The van der Waals surface area contributed by atoms with Crippen molar-refractivity contribution < 1.29 is 13.3 Å². The van der Waals surface area contributed by atoms with Gasteiger partial charge in [0.05, 0.1) is 9.82 Å². The lowest BCUT2D eigenvalue weighted by atomic mass is 10.3. The quantitative estimate of drug-likeness (QED) is 0.515. The summed E-state index contributed by atoms with van der Waals surface area (Å²) < 4.78 is 26.4. The number of nitrogens with zero attached hydrogens (tertiary/aromatic N) is 3. The highest BCUT2D eigenvalue weighted by Gasteiger charge is 2.21. The Hall–Kier alpha value is -1.97. The van der Waals surface area contributed by atoms with Gasteiger partial charge in [-0.3, -0.25) is 14.8 Å². The second-order valence-electron chi connectivity index (χ2n) is 3.69. The molecule has 0 unspecified atom stereocenters. The monoisotopic (exact) mass is 348 g/mol. The van der Waals surface area contributed by atoms with Crippen molar-refractivity contribution in [1.82, 2.24) is 9.97 Å². The van der Waals surface area contributed by atoms with Crippen molar-refractivity contribution in [1.29, 1.82) is 0 Å². The summed E-state index contributed by atoms with van der Waals surface area (Å²) in [6.07, 6.45) is 1.26. The summed E-state index contributed by atoms with van der Waals surface area (Å²) in [5.41, 5.74) is -0.514. The van der Waals surface area contributed by atoms with Crippen molar-refractivity contribution in [3.05, 3.63) is 50.9 Å². The number of halogens is 2. The standard InChI is InChI=1S/C10H6Cl2N4O4S/c11-7-2-1-6(5-8(7)16(17)18)21(19,20)15-9-3-4-13-10(12)14-9/h1-5H,(H,13,14,15). The van der Waals surface area contributed by atoms with Gasteiger partial charge in [0.2, 0.25) is 5.28 Å². The molecule has 0 aliphatic heterocycles. The normalized spacial score (nSPS) is 11.1. The number of sulfonamides is 1. The molecule has 2 aromatic rings. The molecule has 8 nitrogen and oxygen atoms in total. The van der Waals surface area contributed by atoms with E-state index < -0.39 is 20.6 Å². The van der Waals surface area contributed by atoms with Crippen LogP contribution in [0.3, 0.4) is 0 Å². The van der Waals surface area contributed by atoms with Crippen LogP contribution in [0.15, 0.2) is 35.4 Å². The smallest absolute Gasteiger partial charge is 0.263 e.